The van der Waals surface area contributed by atoms with E-state index in [9.17, 15) is 9.18 Å². The van der Waals surface area contributed by atoms with E-state index >= 15 is 0 Å². The quantitative estimate of drug-likeness (QED) is 0.921. The molecular formula is C17H18FNO3. The summed E-state index contributed by atoms with van der Waals surface area (Å²) in [6.45, 7) is 3.88. The number of hydrogen-bond acceptors (Lipinski definition) is 3. The average molecular weight is 303 g/mol. The van der Waals surface area contributed by atoms with Gasteiger partial charge >= 0.3 is 6.09 Å². The number of benzene rings is 2. The van der Waals surface area contributed by atoms with Crippen molar-refractivity contribution in [2.45, 2.75) is 20.5 Å². The first-order valence-electron chi connectivity index (χ1n) is 6.83. The van der Waals surface area contributed by atoms with Gasteiger partial charge in [-0.15, -0.1) is 0 Å². The number of hydrogen-bond donors (Lipinski definition) is 1. The standard InChI is InChI=1S/C17H18FNO3/c1-11-8-14(18)16(9-12(11)2)22-10-13-6-4-5-7-15(13)19-17(20)21-3/h4-9H,10H2,1-3H3,(H,19,20). The van der Waals surface area contributed by atoms with Gasteiger partial charge in [0.2, 0.25) is 0 Å². The summed E-state index contributed by atoms with van der Waals surface area (Å²) in [6, 6.07) is 10.2. The highest BCUT2D eigenvalue weighted by molar-refractivity contribution is 5.85. The predicted molar refractivity (Wildman–Crippen MR) is 82.7 cm³/mol. The largest absolute Gasteiger partial charge is 0.486 e. The molecule has 0 radical (unpaired) electrons. The molecule has 2 aromatic rings. The Kier molecular flexibility index (Phi) is 4.99. The fourth-order valence-corrected chi connectivity index (χ4v) is 1.95. The van der Waals surface area contributed by atoms with Crippen LogP contribution in [0.3, 0.4) is 0 Å². The van der Waals surface area contributed by atoms with Gasteiger partial charge in [-0.3, -0.25) is 5.32 Å². The maximum Gasteiger partial charge on any atom is 0.411 e. The Balaban J connectivity index is 2.15. The van der Waals surface area contributed by atoms with Crippen LogP contribution in [0.25, 0.3) is 0 Å². The lowest BCUT2D eigenvalue weighted by molar-refractivity contribution is 0.187. The van der Waals surface area contributed by atoms with Crippen LogP contribution in [0.4, 0.5) is 14.9 Å². The zero-order chi connectivity index (χ0) is 16.1. The van der Waals surface area contributed by atoms with Crippen molar-refractivity contribution >= 4 is 11.8 Å². The van der Waals surface area contributed by atoms with Gasteiger partial charge < -0.3 is 9.47 Å². The molecule has 0 spiro atoms. The first kappa shape index (κ1) is 15.8. The molecule has 5 heteroatoms. The molecule has 0 aliphatic rings. The maximum atomic E-state index is 13.9. The lowest BCUT2D eigenvalue weighted by Gasteiger charge is -2.13. The summed E-state index contributed by atoms with van der Waals surface area (Å²) in [4.78, 5) is 11.3. The zero-order valence-electron chi connectivity index (χ0n) is 12.8. The molecule has 0 saturated heterocycles. The number of aryl methyl sites for hydroxylation is 2. The normalized spacial score (nSPS) is 10.2. The third-order valence-electron chi connectivity index (χ3n) is 3.37. The second-order valence-electron chi connectivity index (χ2n) is 4.93. The molecule has 2 rings (SSSR count). The molecule has 0 unspecified atom stereocenters. The minimum absolute atomic E-state index is 0.138. The van der Waals surface area contributed by atoms with Crippen LogP contribution in [-0.2, 0) is 11.3 Å². The van der Waals surface area contributed by atoms with E-state index in [2.05, 4.69) is 10.1 Å². The van der Waals surface area contributed by atoms with E-state index < -0.39 is 11.9 Å². The number of rotatable bonds is 4. The molecule has 0 saturated carbocycles. The van der Waals surface area contributed by atoms with Crippen molar-refractivity contribution in [3.63, 3.8) is 0 Å². The van der Waals surface area contributed by atoms with E-state index in [-0.39, 0.29) is 12.4 Å². The number of halogens is 1. The lowest BCUT2D eigenvalue weighted by Crippen LogP contribution is -2.13. The number of anilines is 1. The summed E-state index contributed by atoms with van der Waals surface area (Å²) < 4.78 is 24.0. The molecule has 116 valence electrons. The molecule has 2 aromatic carbocycles. The zero-order valence-corrected chi connectivity index (χ0v) is 12.8. The Morgan fingerprint density at radius 3 is 2.59 bits per heavy atom. The third-order valence-corrected chi connectivity index (χ3v) is 3.37. The SMILES string of the molecule is COC(=O)Nc1ccccc1COc1cc(C)c(C)cc1F. The topological polar surface area (TPSA) is 47.6 Å². The van der Waals surface area contributed by atoms with Gasteiger partial charge in [0.05, 0.1) is 12.8 Å². The summed E-state index contributed by atoms with van der Waals surface area (Å²) in [7, 11) is 1.29. The molecule has 1 N–H and O–H groups in total. The number of ether oxygens (including phenoxy) is 2. The monoisotopic (exact) mass is 303 g/mol. The molecule has 1 amide bonds. The van der Waals surface area contributed by atoms with Crippen LogP contribution in [0.5, 0.6) is 5.75 Å². The van der Waals surface area contributed by atoms with E-state index in [0.29, 0.717) is 5.69 Å². The third kappa shape index (κ3) is 3.75. The van der Waals surface area contributed by atoms with Crippen molar-refractivity contribution < 1.29 is 18.7 Å². The Hall–Kier alpha value is -2.56. The highest BCUT2D eigenvalue weighted by Gasteiger charge is 2.10. The van der Waals surface area contributed by atoms with Crippen LogP contribution in [0.1, 0.15) is 16.7 Å². The van der Waals surface area contributed by atoms with Crippen LogP contribution >= 0.6 is 0 Å². The van der Waals surface area contributed by atoms with Crippen LogP contribution in [0.15, 0.2) is 36.4 Å². The van der Waals surface area contributed by atoms with Gasteiger partial charge in [-0.25, -0.2) is 9.18 Å². The second-order valence-corrected chi connectivity index (χ2v) is 4.93. The van der Waals surface area contributed by atoms with E-state index in [1.807, 2.05) is 19.9 Å². The fourth-order valence-electron chi connectivity index (χ4n) is 1.95. The van der Waals surface area contributed by atoms with Crippen LogP contribution in [-0.4, -0.2) is 13.2 Å². The number of para-hydroxylation sites is 1. The predicted octanol–water partition coefficient (Wildman–Crippen LogP) is 4.20. The second kappa shape index (κ2) is 6.93. The van der Waals surface area contributed by atoms with E-state index in [4.69, 9.17) is 4.74 Å². The van der Waals surface area contributed by atoms with Crippen molar-refractivity contribution in [2.75, 3.05) is 12.4 Å². The Morgan fingerprint density at radius 1 is 1.18 bits per heavy atom. The van der Waals surface area contributed by atoms with Crippen molar-refractivity contribution in [2.24, 2.45) is 0 Å². The first-order valence-corrected chi connectivity index (χ1v) is 6.83. The summed E-state index contributed by atoms with van der Waals surface area (Å²) in [6.07, 6.45) is -0.565. The highest BCUT2D eigenvalue weighted by atomic mass is 19.1. The smallest absolute Gasteiger partial charge is 0.411 e. The summed E-state index contributed by atoms with van der Waals surface area (Å²) in [5, 5.41) is 2.60. The maximum absolute atomic E-state index is 13.9. The number of methoxy groups -OCH3 is 1. The van der Waals surface area contributed by atoms with Crippen LogP contribution < -0.4 is 10.1 Å². The van der Waals surface area contributed by atoms with Crippen molar-refractivity contribution in [1.82, 2.24) is 0 Å². The lowest BCUT2D eigenvalue weighted by atomic mass is 10.1. The fraction of sp³-hybridized carbons (Fsp3) is 0.235. The van der Waals surface area contributed by atoms with Crippen molar-refractivity contribution in [3.8, 4) is 5.75 Å². The molecule has 0 atom stereocenters. The Labute approximate surface area is 128 Å². The highest BCUT2D eigenvalue weighted by Crippen LogP contribution is 2.24. The minimum Gasteiger partial charge on any atom is -0.486 e. The molecule has 0 aromatic heterocycles. The van der Waals surface area contributed by atoms with Crippen molar-refractivity contribution in [1.29, 1.82) is 0 Å². The van der Waals surface area contributed by atoms with Gasteiger partial charge in [-0.2, -0.15) is 0 Å². The van der Waals surface area contributed by atoms with Gasteiger partial charge in [0.15, 0.2) is 11.6 Å². The van der Waals surface area contributed by atoms with E-state index in [0.717, 1.165) is 16.7 Å². The molecule has 0 bridgehead atoms. The molecule has 0 heterocycles. The number of carbonyl (C=O) groups is 1. The van der Waals surface area contributed by atoms with Crippen LogP contribution in [0, 0.1) is 19.7 Å². The van der Waals surface area contributed by atoms with E-state index in [1.165, 1.54) is 13.2 Å². The summed E-state index contributed by atoms with van der Waals surface area (Å²) >= 11 is 0. The molecular weight excluding hydrogens is 285 g/mol. The Morgan fingerprint density at radius 2 is 1.86 bits per heavy atom. The number of amides is 1. The van der Waals surface area contributed by atoms with Gasteiger partial charge in [-0.1, -0.05) is 18.2 Å². The van der Waals surface area contributed by atoms with Gasteiger partial charge in [0, 0.05) is 5.56 Å². The molecule has 22 heavy (non-hydrogen) atoms. The Bertz CT molecular complexity index is 686. The number of carbonyl (C=O) groups excluding carboxylic acids is 1. The first-order chi connectivity index (χ1) is 10.5. The van der Waals surface area contributed by atoms with Gasteiger partial charge in [0.1, 0.15) is 6.61 Å². The summed E-state index contributed by atoms with van der Waals surface area (Å²) in [5.74, 6) is -0.211. The van der Waals surface area contributed by atoms with Crippen LogP contribution in [0.2, 0.25) is 0 Å². The van der Waals surface area contributed by atoms with Crippen molar-refractivity contribution in [3.05, 3.63) is 58.9 Å². The average Bonchev–Trinajstić information content (AvgIpc) is 2.50. The van der Waals surface area contributed by atoms with E-state index in [1.54, 1.807) is 24.3 Å². The molecule has 4 nitrogen and oxygen atoms in total. The van der Waals surface area contributed by atoms with Gasteiger partial charge in [-0.05, 0) is 43.2 Å². The number of nitrogens with one attached hydrogen (secondary N) is 1. The molecule has 0 aliphatic carbocycles. The summed E-state index contributed by atoms with van der Waals surface area (Å²) in [5.41, 5.74) is 3.12. The molecule has 0 fully saturated rings. The van der Waals surface area contributed by atoms with Gasteiger partial charge in [0.25, 0.3) is 0 Å². The molecule has 0 aliphatic heterocycles. The minimum atomic E-state index is -0.565.